The van der Waals surface area contributed by atoms with Crippen molar-refractivity contribution in [2.45, 2.75) is 32.1 Å². The number of aromatic nitrogens is 1. The van der Waals surface area contributed by atoms with E-state index in [-0.39, 0.29) is 30.9 Å². The molecule has 42 heavy (non-hydrogen) atoms. The van der Waals surface area contributed by atoms with Gasteiger partial charge in [0.05, 0.1) is 18.0 Å². The molecule has 1 heterocycles. The second kappa shape index (κ2) is 13.8. The predicted octanol–water partition coefficient (Wildman–Crippen LogP) is 4.85. The lowest BCUT2D eigenvalue weighted by Crippen LogP contribution is -2.53. The Balaban J connectivity index is 1.61. The Bertz CT molecular complexity index is 1580. The van der Waals surface area contributed by atoms with E-state index in [1.54, 1.807) is 42.6 Å². The number of nitrogens with zero attached hydrogens (tertiary/aromatic N) is 3. The molecule has 0 saturated carbocycles. The van der Waals surface area contributed by atoms with Crippen molar-refractivity contribution in [2.75, 3.05) is 6.61 Å². The van der Waals surface area contributed by atoms with Gasteiger partial charge in [0.1, 0.15) is 24.4 Å². The number of fused-ring (bicyclic) bond motifs is 1. The van der Waals surface area contributed by atoms with Gasteiger partial charge >= 0.3 is 12.1 Å². The summed E-state index contributed by atoms with van der Waals surface area (Å²) in [6.07, 6.45) is 2.29. The number of carbonyl (C=O) groups is 3. The minimum Gasteiger partial charge on any atom is -0.445 e. The number of carbonyl (C=O) groups excluding carboxylic acids is 3. The first-order valence-electron chi connectivity index (χ1n) is 13.2. The van der Waals surface area contributed by atoms with E-state index in [9.17, 15) is 24.5 Å². The highest BCUT2D eigenvalue weighted by molar-refractivity contribution is 5.90. The lowest BCUT2D eigenvalue weighted by molar-refractivity contribution is -0.385. The van der Waals surface area contributed by atoms with Crippen LogP contribution in [-0.4, -0.2) is 51.1 Å². The van der Waals surface area contributed by atoms with Crippen molar-refractivity contribution in [1.29, 1.82) is 0 Å². The zero-order valence-corrected chi connectivity index (χ0v) is 22.9. The number of ether oxygens (including phenoxy) is 2. The fourth-order valence-electron chi connectivity index (χ4n) is 4.36. The van der Waals surface area contributed by atoms with Crippen LogP contribution in [0.2, 0.25) is 0 Å². The number of para-hydroxylation sites is 3. The molecule has 0 fully saturated rings. The first-order chi connectivity index (χ1) is 20.3. The van der Waals surface area contributed by atoms with Crippen LogP contribution < -0.4 is 10.1 Å². The van der Waals surface area contributed by atoms with Crippen molar-refractivity contribution in [1.82, 2.24) is 14.8 Å². The van der Waals surface area contributed by atoms with E-state index in [0.717, 1.165) is 15.8 Å². The number of nitro groups is 1. The molecule has 0 saturated heterocycles. The Morgan fingerprint density at radius 1 is 1.02 bits per heavy atom. The van der Waals surface area contributed by atoms with Gasteiger partial charge in [-0.2, -0.15) is 0 Å². The Labute approximate surface area is 242 Å². The lowest BCUT2D eigenvalue weighted by atomic mass is 10.1. The van der Waals surface area contributed by atoms with Crippen LogP contribution in [0.15, 0.2) is 104 Å². The molecule has 0 aliphatic rings. The van der Waals surface area contributed by atoms with Gasteiger partial charge in [-0.1, -0.05) is 67.3 Å². The van der Waals surface area contributed by atoms with Gasteiger partial charge in [0.2, 0.25) is 5.91 Å². The molecule has 216 valence electrons. The summed E-state index contributed by atoms with van der Waals surface area (Å²) in [6.45, 7) is 4.60. The van der Waals surface area contributed by atoms with E-state index in [4.69, 9.17) is 9.47 Å². The average Bonchev–Trinajstić information content (AvgIpc) is 3.41. The smallest absolute Gasteiger partial charge is 0.411 e. The Morgan fingerprint density at radius 2 is 1.71 bits per heavy atom. The molecule has 3 aromatic carbocycles. The molecule has 4 rings (SSSR count). The topological polar surface area (TPSA) is 133 Å². The van der Waals surface area contributed by atoms with Crippen LogP contribution in [0.1, 0.15) is 12.5 Å². The van der Waals surface area contributed by atoms with Crippen LogP contribution >= 0.6 is 0 Å². The number of benzene rings is 3. The van der Waals surface area contributed by atoms with Gasteiger partial charge in [0.25, 0.3) is 5.69 Å². The first-order valence-corrected chi connectivity index (χ1v) is 13.2. The minimum atomic E-state index is -1.18. The maximum Gasteiger partial charge on any atom is 0.411 e. The Hall–Kier alpha value is -5.45. The summed E-state index contributed by atoms with van der Waals surface area (Å²) in [7, 11) is 0. The van der Waals surface area contributed by atoms with Crippen molar-refractivity contribution in [3.05, 3.63) is 119 Å². The van der Waals surface area contributed by atoms with Crippen LogP contribution in [0, 0.1) is 10.1 Å². The number of amides is 2. The van der Waals surface area contributed by atoms with Crippen LogP contribution in [0.5, 0.6) is 5.75 Å². The molecule has 0 spiro atoms. The summed E-state index contributed by atoms with van der Waals surface area (Å²) >= 11 is 0. The van der Waals surface area contributed by atoms with Crippen LogP contribution in [-0.2, 0) is 27.4 Å². The molecule has 0 radical (unpaired) electrons. The van der Waals surface area contributed by atoms with Gasteiger partial charge < -0.3 is 19.4 Å². The van der Waals surface area contributed by atoms with Crippen molar-refractivity contribution in [2.24, 2.45) is 0 Å². The molecule has 2 atom stereocenters. The van der Waals surface area contributed by atoms with Gasteiger partial charge in [-0.15, -0.1) is 0 Å². The molecule has 1 aromatic heterocycles. The molecular weight excluding hydrogens is 540 g/mol. The summed E-state index contributed by atoms with van der Waals surface area (Å²) in [4.78, 5) is 52.0. The van der Waals surface area contributed by atoms with Crippen LogP contribution in [0.25, 0.3) is 10.9 Å². The number of hydrogen-bond acceptors (Lipinski definition) is 7. The molecule has 2 amide bonds. The van der Waals surface area contributed by atoms with Gasteiger partial charge in [-0.3, -0.25) is 19.8 Å². The molecule has 0 bridgehead atoms. The zero-order chi connectivity index (χ0) is 30.1. The highest BCUT2D eigenvalue weighted by atomic mass is 16.6. The largest absolute Gasteiger partial charge is 0.445 e. The fraction of sp³-hybridized carbons (Fsp3) is 0.194. The summed E-state index contributed by atoms with van der Waals surface area (Å²) in [5, 5.41) is 15.3. The number of esters is 1. The van der Waals surface area contributed by atoms with Crippen molar-refractivity contribution in [3.8, 4) is 5.75 Å². The third-order valence-electron chi connectivity index (χ3n) is 6.56. The maximum atomic E-state index is 13.6. The highest BCUT2D eigenvalue weighted by Gasteiger charge is 2.33. The monoisotopic (exact) mass is 570 g/mol. The third-order valence-corrected chi connectivity index (χ3v) is 6.56. The molecule has 4 aromatic rings. The molecule has 0 unspecified atom stereocenters. The lowest BCUT2D eigenvalue weighted by Gasteiger charge is -2.29. The second-order valence-corrected chi connectivity index (χ2v) is 9.38. The number of hydrogen-bond donors (Lipinski definition) is 1. The molecule has 0 aliphatic heterocycles. The second-order valence-electron chi connectivity index (χ2n) is 9.38. The van der Waals surface area contributed by atoms with Crippen LogP contribution in [0.4, 0.5) is 10.5 Å². The molecular formula is C31H30N4O7. The first kappa shape index (κ1) is 29.5. The standard InChI is InChI=1S/C31H30N4O7/c1-3-19-41-31(38)34(20-24-12-8-10-16-28(24)35(39)40)22(2)29(36)32-26(30(37)42-25-13-5-4-6-14-25)21-33-18-17-23-11-7-9-15-27(23)33/h3-18,22,26H,1,19-21H2,2H3,(H,32,36)/t22-,26-/m0/s1. The Morgan fingerprint density at radius 3 is 2.45 bits per heavy atom. The zero-order valence-electron chi connectivity index (χ0n) is 22.9. The van der Waals surface area contributed by atoms with Gasteiger partial charge in [0, 0.05) is 23.3 Å². The van der Waals surface area contributed by atoms with E-state index in [0.29, 0.717) is 5.75 Å². The predicted molar refractivity (Wildman–Crippen MR) is 156 cm³/mol. The average molecular weight is 571 g/mol. The fourth-order valence-corrected chi connectivity index (χ4v) is 4.36. The van der Waals surface area contributed by atoms with Crippen LogP contribution in [0.3, 0.4) is 0 Å². The van der Waals surface area contributed by atoms with E-state index in [2.05, 4.69) is 11.9 Å². The molecule has 11 nitrogen and oxygen atoms in total. The van der Waals surface area contributed by atoms with E-state index < -0.39 is 35.0 Å². The summed E-state index contributed by atoms with van der Waals surface area (Å²) in [5.41, 5.74) is 0.843. The van der Waals surface area contributed by atoms with E-state index in [1.807, 2.05) is 34.9 Å². The minimum absolute atomic E-state index is 0.0444. The normalized spacial score (nSPS) is 12.1. The molecule has 1 N–H and O–H groups in total. The molecule has 0 aliphatic carbocycles. The van der Waals surface area contributed by atoms with Gasteiger partial charge in [0.15, 0.2) is 0 Å². The van der Waals surface area contributed by atoms with Gasteiger partial charge in [-0.25, -0.2) is 9.59 Å². The maximum absolute atomic E-state index is 13.6. The van der Waals surface area contributed by atoms with E-state index in [1.165, 1.54) is 31.2 Å². The Kier molecular flexibility index (Phi) is 9.67. The number of nitrogens with one attached hydrogen (secondary N) is 1. The van der Waals surface area contributed by atoms with Crippen molar-refractivity contribution >= 4 is 34.6 Å². The highest BCUT2D eigenvalue weighted by Crippen LogP contribution is 2.22. The number of nitro benzene ring substituents is 1. The summed E-state index contributed by atoms with van der Waals surface area (Å²) in [5.74, 6) is -1.09. The molecule has 11 heteroatoms. The summed E-state index contributed by atoms with van der Waals surface area (Å²) in [6, 6.07) is 21.5. The van der Waals surface area contributed by atoms with Crippen molar-refractivity contribution < 1.29 is 28.8 Å². The third kappa shape index (κ3) is 7.19. The summed E-state index contributed by atoms with van der Waals surface area (Å²) < 4.78 is 12.6. The van der Waals surface area contributed by atoms with E-state index >= 15 is 0 Å². The SMILES string of the molecule is C=CCOC(=O)N(Cc1ccccc1[N+](=O)[O-])[C@@H](C)C(=O)N[C@@H](Cn1ccc2ccccc21)C(=O)Oc1ccccc1. The van der Waals surface area contributed by atoms with Gasteiger partial charge in [-0.05, 0) is 36.6 Å². The number of rotatable bonds is 12. The van der Waals surface area contributed by atoms with Crippen molar-refractivity contribution in [3.63, 3.8) is 0 Å². The quantitative estimate of drug-likeness (QED) is 0.0846.